The monoisotopic (exact) mass is 291 g/mol. The molecule has 2 aromatic carbocycles. The number of carbonyl (C=O) groups excluding carboxylic acids is 1. The maximum absolute atomic E-state index is 13.9. The summed E-state index contributed by atoms with van der Waals surface area (Å²) in [7, 11) is 1.22. The van der Waals surface area contributed by atoms with Crippen molar-refractivity contribution in [3.8, 4) is 0 Å². The zero-order valence-corrected chi connectivity index (χ0v) is 11.7. The van der Waals surface area contributed by atoms with E-state index in [1.54, 1.807) is 12.1 Å². The summed E-state index contributed by atoms with van der Waals surface area (Å²) in [5.74, 6) is -2.15. The Balaban J connectivity index is 2.40. The first-order valence-corrected chi connectivity index (χ1v) is 6.38. The lowest BCUT2D eigenvalue weighted by molar-refractivity contribution is -0.141. The van der Waals surface area contributed by atoms with E-state index in [2.05, 4.69) is 5.32 Å². The Hall–Kier alpha value is -2.43. The number of aryl methyl sites for hydroxylation is 1. The molecule has 2 aromatic rings. The third-order valence-corrected chi connectivity index (χ3v) is 3.16. The Kier molecular flexibility index (Phi) is 4.52. The van der Waals surface area contributed by atoms with Gasteiger partial charge in [0.05, 0.1) is 7.11 Å². The number of rotatable bonds is 4. The lowest BCUT2D eigenvalue weighted by Gasteiger charge is -2.20. The van der Waals surface area contributed by atoms with Gasteiger partial charge in [-0.15, -0.1) is 0 Å². The number of nitrogens with one attached hydrogen (secondary N) is 1. The molecular weight excluding hydrogens is 276 g/mol. The van der Waals surface area contributed by atoms with Crippen LogP contribution in [0.1, 0.15) is 17.2 Å². The average Bonchev–Trinajstić information content (AvgIpc) is 2.46. The van der Waals surface area contributed by atoms with Gasteiger partial charge in [-0.3, -0.25) is 0 Å². The minimum absolute atomic E-state index is 0.0338. The molecule has 0 aliphatic rings. The van der Waals surface area contributed by atoms with E-state index in [9.17, 15) is 13.6 Å². The van der Waals surface area contributed by atoms with Crippen LogP contribution in [0.25, 0.3) is 0 Å². The minimum atomic E-state index is -1.04. The van der Waals surface area contributed by atoms with Gasteiger partial charge in [-0.2, -0.15) is 0 Å². The highest BCUT2D eigenvalue weighted by molar-refractivity contribution is 5.81. The molecule has 0 fully saturated rings. The number of esters is 1. The molecule has 0 aromatic heterocycles. The highest BCUT2D eigenvalue weighted by Gasteiger charge is 2.25. The summed E-state index contributed by atoms with van der Waals surface area (Å²) in [5.41, 5.74) is 1.61. The van der Waals surface area contributed by atoms with Gasteiger partial charge in [-0.1, -0.05) is 24.3 Å². The highest BCUT2D eigenvalue weighted by atomic mass is 19.1. The van der Waals surface area contributed by atoms with E-state index >= 15 is 0 Å². The summed E-state index contributed by atoms with van der Waals surface area (Å²) < 4.78 is 31.6. The largest absolute Gasteiger partial charge is 0.467 e. The van der Waals surface area contributed by atoms with Gasteiger partial charge in [0.25, 0.3) is 0 Å². The van der Waals surface area contributed by atoms with Gasteiger partial charge >= 0.3 is 5.97 Å². The Morgan fingerprint density at radius 2 is 1.90 bits per heavy atom. The summed E-state index contributed by atoms with van der Waals surface area (Å²) in [5, 5.41) is 2.94. The van der Waals surface area contributed by atoms with E-state index in [4.69, 9.17) is 4.74 Å². The molecule has 1 N–H and O–H groups in total. The van der Waals surface area contributed by atoms with Crippen LogP contribution in [0, 0.1) is 18.6 Å². The van der Waals surface area contributed by atoms with E-state index in [1.165, 1.54) is 13.2 Å². The van der Waals surface area contributed by atoms with Gasteiger partial charge in [0, 0.05) is 17.3 Å². The average molecular weight is 291 g/mol. The van der Waals surface area contributed by atoms with Crippen LogP contribution in [0.5, 0.6) is 0 Å². The van der Waals surface area contributed by atoms with E-state index in [0.717, 1.165) is 17.7 Å². The van der Waals surface area contributed by atoms with Crippen LogP contribution in [-0.4, -0.2) is 13.1 Å². The van der Waals surface area contributed by atoms with Crippen LogP contribution in [0.3, 0.4) is 0 Å². The van der Waals surface area contributed by atoms with Crippen LogP contribution in [0.2, 0.25) is 0 Å². The van der Waals surface area contributed by atoms with E-state index < -0.39 is 23.6 Å². The second-order valence-corrected chi connectivity index (χ2v) is 4.58. The van der Waals surface area contributed by atoms with Crippen molar-refractivity contribution in [3.63, 3.8) is 0 Å². The first-order chi connectivity index (χ1) is 10.0. The van der Waals surface area contributed by atoms with Crippen LogP contribution in [-0.2, 0) is 9.53 Å². The molecule has 0 bridgehead atoms. The van der Waals surface area contributed by atoms with Crippen molar-refractivity contribution in [2.45, 2.75) is 13.0 Å². The van der Waals surface area contributed by atoms with Crippen LogP contribution < -0.4 is 5.32 Å². The summed E-state index contributed by atoms with van der Waals surface area (Å²) in [4.78, 5) is 11.9. The molecule has 0 amide bonds. The molecule has 0 heterocycles. The van der Waals surface area contributed by atoms with Gasteiger partial charge in [-0.05, 0) is 24.6 Å². The smallest absolute Gasteiger partial charge is 0.333 e. The summed E-state index contributed by atoms with van der Waals surface area (Å²) >= 11 is 0. The number of hydrogen-bond acceptors (Lipinski definition) is 3. The predicted octanol–water partition coefficient (Wildman–Crippen LogP) is 3.60. The molecule has 1 atom stereocenters. The fraction of sp³-hybridized carbons (Fsp3) is 0.188. The second kappa shape index (κ2) is 6.35. The van der Waals surface area contributed by atoms with Gasteiger partial charge in [0.15, 0.2) is 6.04 Å². The molecule has 0 radical (unpaired) electrons. The SMILES string of the molecule is COC(=O)C(Nc1ccccc1C)c1ccc(F)cc1F. The number of ether oxygens (including phenoxy) is 1. The summed E-state index contributed by atoms with van der Waals surface area (Å²) in [6.07, 6.45) is 0. The third-order valence-electron chi connectivity index (χ3n) is 3.16. The first-order valence-electron chi connectivity index (χ1n) is 6.38. The number of anilines is 1. The molecule has 3 nitrogen and oxygen atoms in total. The summed E-state index contributed by atoms with van der Waals surface area (Å²) in [6.45, 7) is 1.86. The normalized spacial score (nSPS) is 11.8. The Labute approximate surface area is 121 Å². The van der Waals surface area contributed by atoms with Crippen molar-refractivity contribution in [2.75, 3.05) is 12.4 Å². The quantitative estimate of drug-likeness (QED) is 0.875. The van der Waals surface area contributed by atoms with Crippen molar-refractivity contribution >= 4 is 11.7 Å². The Bertz CT molecular complexity index is 658. The number of para-hydroxylation sites is 1. The van der Waals surface area contributed by atoms with Gasteiger partial charge in [-0.25, -0.2) is 13.6 Å². The van der Waals surface area contributed by atoms with Crippen molar-refractivity contribution in [2.24, 2.45) is 0 Å². The molecule has 0 saturated heterocycles. The lowest BCUT2D eigenvalue weighted by atomic mass is 10.0. The van der Waals surface area contributed by atoms with Crippen LogP contribution >= 0.6 is 0 Å². The van der Waals surface area contributed by atoms with E-state index in [1.807, 2.05) is 19.1 Å². The Morgan fingerprint density at radius 1 is 1.19 bits per heavy atom. The number of methoxy groups -OCH3 is 1. The van der Waals surface area contributed by atoms with Crippen LogP contribution in [0.15, 0.2) is 42.5 Å². The molecular formula is C16H15F2NO2. The molecule has 5 heteroatoms. The molecule has 0 aliphatic heterocycles. The van der Waals surface area contributed by atoms with Gasteiger partial charge in [0.2, 0.25) is 0 Å². The topological polar surface area (TPSA) is 38.3 Å². The Morgan fingerprint density at radius 3 is 2.52 bits per heavy atom. The molecule has 110 valence electrons. The van der Waals surface area contributed by atoms with Crippen molar-refractivity contribution in [3.05, 3.63) is 65.2 Å². The second-order valence-electron chi connectivity index (χ2n) is 4.58. The fourth-order valence-corrected chi connectivity index (χ4v) is 2.01. The maximum atomic E-state index is 13.9. The van der Waals surface area contributed by atoms with Crippen LogP contribution in [0.4, 0.5) is 14.5 Å². The molecule has 21 heavy (non-hydrogen) atoms. The first kappa shape index (κ1) is 15.0. The predicted molar refractivity (Wildman–Crippen MR) is 75.9 cm³/mol. The van der Waals surface area contributed by atoms with Crippen molar-refractivity contribution in [1.29, 1.82) is 0 Å². The molecule has 0 saturated carbocycles. The maximum Gasteiger partial charge on any atom is 0.333 e. The van der Waals surface area contributed by atoms with Crippen molar-refractivity contribution in [1.82, 2.24) is 0 Å². The van der Waals surface area contributed by atoms with Crippen molar-refractivity contribution < 1.29 is 18.3 Å². The number of hydrogen-bond donors (Lipinski definition) is 1. The zero-order chi connectivity index (χ0) is 15.4. The molecule has 2 rings (SSSR count). The fourth-order valence-electron chi connectivity index (χ4n) is 2.01. The number of halogens is 2. The third kappa shape index (κ3) is 3.37. The minimum Gasteiger partial charge on any atom is -0.467 e. The van der Waals surface area contributed by atoms with Gasteiger partial charge in [0.1, 0.15) is 11.6 Å². The molecule has 1 unspecified atom stereocenters. The van der Waals surface area contributed by atoms with E-state index in [0.29, 0.717) is 5.69 Å². The number of carbonyl (C=O) groups is 1. The highest BCUT2D eigenvalue weighted by Crippen LogP contribution is 2.25. The van der Waals surface area contributed by atoms with E-state index in [-0.39, 0.29) is 5.56 Å². The molecule has 0 spiro atoms. The number of benzene rings is 2. The molecule has 0 aliphatic carbocycles. The standard InChI is InChI=1S/C16H15F2NO2/c1-10-5-3-4-6-14(10)19-15(16(20)21-2)12-8-7-11(17)9-13(12)18/h3-9,15,19H,1-2H3. The van der Waals surface area contributed by atoms with Gasteiger partial charge < -0.3 is 10.1 Å². The lowest BCUT2D eigenvalue weighted by Crippen LogP contribution is -2.23. The summed E-state index contributed by atoms with van der Waals surface area (Å²) in [6, 6.07) is 9.31. The zero-order valence-electron chi connectivity index (χ0n) is 11.7.